The zero-order valence-corrected chi connectivity index (χ0v) is 12.3. The minimum absolute atomic E-state index is 0.410. The molecule has 0 spiro atoms. The lowest BCUT2D eigenvalue weighted by Crippen LogP contribution is -2.14. The molecule has 1 atom stereocenters. The van der Waals surface area contributed by atoms with Gasteiger partial charge in [-0.25, -0.2) is 0 Å². The van der Waals surface area contributed by atoms with Crippen molar-refractivity contribution in [3.8, 4) is 0 Å². The maximum absolute atomic E-state index is 5.81. The molecule has 14 heavy (non-hydrogen) atoms. The maximum atomic E-state index is 5.81. The Labute approximate surface area is 113 Å². The van der Waals surface area contributed by atoms with E-state index in [-0.39, 0.29) is 0 Å². The van der Waals surface area contributed by atoms with Crippen LogP contribution in [0, 0.1) is 0 Å². The molecular formula is C11H14I2O. The lowest BCUT2D eigenvalue weighted by Gasteiger charge is -2.13. The van der Waals surface area contributed by atoms with Crippen LogP contribution in [0.4, 0.5) is 0 Å². The summed E-state index contributed by atoms with van der Waals surface area (Å²) in [5.41, 5.74) is 1.26. The predicted octanol–water partition coefficient (Wildman–Crippen LogP) is 3.83. The van der Waals surface area contributed by atoms with Crippen LogP contribution in [0.3, 0.4) is 0 Å². The van der Waals surface area contributed by atoms with Gasteiger partial charge in [0.15, 0.2) is 0 Å². The predicted molar refractivity (Wildman–Crippen MR) is 77.4 cm³/mol. The quantitative estimate of drug-likeness (QED) is 0.506. The highest BCUT2D eigenvalue weighted by molar-refractivity contribution is 14.1. The lowest BCUT2D eigenvalue weighted by atomic mass is 10.2. The summed E-state index contributed by atoms with van der Waals surface area (Å²) in [7, 11) is 0. The van der Waals surface area contributed by atoms with Gasteiger partial charge >= 0.3 is 0 Å². The largest absolute Gasteiger partial charge is 0.373 e. The van der Waals surface area contributed by atoms with Crippen LogP contribution >= 0.6 is 45.2 Å². The molecular weight excluding hydrogens is 402 g/mol. The van der Waals surface area contributed by atoms with Crippen LogP contribution in [0.5, 0.6) is 0 Å². The van der Waals surface area contributed by atoms with Gasteiger partial charge in [-0.15, -0.1) is 0 Å². The van der Waals surface area contributed by atoms with Gasteiger partial charge in [-0.1, -0.05) is 75.5 Å². The Bertz CT molecular complexity index is 238. The van der Waals surface area contributed by atoms with Crippen LogP contribution < -0.4 is 0 Å². The van der Waals surface area contributed by atoms with Crippen LogP contribution in [0.2, 0.25) is 0 Å². The first-order chi connectivity index (χ1) is 6.86. The molecule has 1 nitrogen and oxygen atoms in total. The van der Waals surface area contributed by atoms with E-state index in [1.54, 1.807) is 0 Å². The summed E-state index contributed by atoms with van der Waals surface area (Å²) >= 11 is 4.78. The molecule has 0 aliphatic carbocycles. The SMILES string of the molecule is ICC[C@@H](CI)OCc1ccccc1. The van der Waals surface area contributed by atoms with Crippen molar-refractivity contribution in [3.05, 3.63) is 35.9 Å². The first-order valence-corrected chi connectivity index (χ1v) is 7.69. The van der Waals surface area contributed by atoms with E-state index in [1.165, 1.54) is 9.99 Å². The summed E-state index contributed by atoms with van der Waals surface area (Å²) in [5, 5.41) is 0. The summed E-state index contributed by atoms with van der Waals surface area (Å²) in [4.78, 5) is 0. The molecule has 0 N–H and O–H groups in total. The number of alkyl halides is 2. The molecule has 0 aromatic heterocycles. The molecule has 0 aliphatic heterocycles. The fourth-order valence-electron chi connectivity index (χ4n) is 1.12. The van der Waals surface area contributed by atoms with Crippen molar-refractivity contribution in [2.45, 2.75) is 19.1 Å². The zero-order chi connectivity index (χ0) is 10.2. The zero-order valence-electron chi connectivity index (χ0n) is 7.96. The normalized spacial score (nSPS) is 12.7. The first-order valence-electron chi connectivity index (χ1n) is 4.64. The first kappa shape index (κ1) is 12.7. The van der Waals surface area contributed by atoms with Crippen molar-refractivity contribution in [2.24, 2.45) is 0 Å². The third-order valence-corrected chi connectivity index (χ3v) is 3.54. The second-order valence-electron chi connectivity index (χ2n) is 3.05. The molecule has 0 bridgehead atoms. The van der Waals surface area contributed by atoms with E-state index < -0.39 is 0 Å². The Hall–Kier alpha value is 0.640. The number of benzene rings is 1. The van der Waals surface area contributed by atoms with Gasteiger partial charge < -0.3 is 4.74 Å². The third kappa shape index (κ3) is 4.93. The van der Waals surface area contributed by atoms with Gasteiger partial charge in [-0.05, 0) is 12.0 Å². The molecule has 78 valence electrons. The van der Waals surface area contributed by atoms with Crippen molar-refractivity contribution in [1.82, 2.24) is 0 Å². The Kier molecular flexibility index (Phi) is 7.14. The van der Waals surface area contributed by atoms with Gasteiger partial charge in [0.2, 0.25) is 0 Å². The van der Waals surface area contributed by atoms with Gasteiger partial charge in [-0.3, -0.25) is 0 Å². The van der Waals surface area contributed by atoms with Gasteiger partial charge in [0.05, 0.1) is 12.7 Å². The van der Waals surface area contributed by atoms with E-state index in [2.05, 4.69) is 69.4 Å². The lowest BCUT2D eigenvalue weighted by molar-refractivity contribution is 0.0571. The average Bonchev–Trinajstić information content (AvgIpc) is 2.25. The Balaban J connectivity index is 2.32. The number of rotatable bonds is 6. The van der Waals surface area contributed by atoms with E-state index in [4.69, 9.17) is 4.74 Å². The Morgan fingerprint density at radius 1 is 1.14 bits per heavy atom. The maximum Gasteiger partial charge on any atom is 0.0721 e. The van der Waals surface area contributed by atoms with Crippen molar-refractivity contribution >= 4 is 45.2 Å². The molecule has 0 aliphatic rings. The number of ether oxygens (including phenoxy) is 1. The molecule has 0 fully saturated rings. The molecule has 3 heteroatoms. The van der Waals surface area contributed by atoms with Crippen LogP contribution in [0.15, 0.2) is 30.3 Å². The van der Waals surface area contributed by atoms with Crippen molar-refractivity contribution in [2.75, 3.05) is 8.86 Å². The highest BCUT2D eigenvalue weighted by Gasteiger charge is 2.05. The van der Waals surface area contributed by atoms with E-state index in [1.807, 2.05) is 6.07 Å². The number of hydrogen-bond donors (Lipinski definition) is 0. The fraction of sp³-hybridized carbons (Fsp3) is 0.455. The second-order valence-corrected chi connectivity index (χ2v) is 5.01. The summed E-state index contributed by atoms with van der Waals surface area (Å²) in [6, 6.07) is 10.3. The second kappa shape index (κ2) is 7.87. The molecule has 0 saturated heterocycles. The van der Waals surface area contributed by atoms with Gasteiger partial charge in [0, 0.05) is 8.86 Å². The van der Waals surface area contributed by atoms with E-state index in [9.17, 15) is 0 Å². The molecule has 0 heterocycles. The van der Waals surface area contributed by atoms with E-state index in [0.717, 1.165) is 17.5 Å². The standard InChI is InChI=1S/C11H14I2O/c12-7-6-11(8-13)14-9-10-4-2-1-3-5-10/h1-5,11H,6-9H2/t11-/m0/s1. The summed E-state index contributed by atoms with van der Waals surface area (Å²) in [6.07, 6.45) is 1.56. The monoisotopic (exact) mass is 416 g/mol. The molecule has 1 aromatic carbocycles. The van der Waals surface area contributed by atoms with Crippen LogP contribution in [0.1, 0.15) is 12.0 Å². The molecule has 1 aromatic rings. The summed E-state index contributed by atoms with van der Waals surface area (Å²) in [6.45, 7) is 0.741. The molecule has 1 rings (SSSR count). The van der Waals surface area contributed by atoms with E-state index in [0.29, 0.717) is 6.10 Å². The van der Waals surface area contributed by atoms with Crippen LogP contribution in [-0.2, 0) is 11.3 Å². The minimum atomic E-state index is 0.410. The Morgan fingerprint density at radius 3 is 2.43 bits per heavy atom. The highest BCUT2D eigenvalue weighted by atomic mass is 127. The summed E-state index contributed by atoms with van der Waals surface area (Å²) in [5.74, 6) is 0. The van der Waals surface area contributed by atoms with Crippen molar-refractivity contribution in [1.29, 1.82) is 0 Å². The van der Waals surface area contributed by atoms with Gasteiger partial charge in [0.1, 0.15) is 0 Å². The fourth-order valence-corrected chi connectivity index (χ4v) is 2.50. The van der Waals surface area contributed by atoms with Crippen LogP contribution in [-0.4, -0.2) is 15.0 Å². The van der Waals surface area contributed by atoms with Crippen molar-refractivity contribution in [3.63, 3.8) is 0 Å². The molecule has 0 saturated carbocycles. The topological polar surface area (TPSA) is 9.23 Å². The minimum Gasteiger partial charge on any atom is -0.373 e. The van der Waals surface area contributed by atoms with Crippen LogP contribution in [0.25, 0.3) is 0 Å². The van der Waals surface area contributed by atoms with Gasteiger partial charge in [0.25, 0.3) is 0 Å². The van der Waals surface area contributed by atoms with Crippen molar-refractivity contribution < 1.29 is 4.74 Å². The van der Waals surface area contributed by atoms with E-state index >= 15 is 0 Å². The number of hydrogen-bond acceptors (Lipinski definition) is 1. The van der Waals surface area contributed by atoms with Gasteiger partial charge in [-0.2, -0.15) is 0 Å². The molecule has 0 radical (unpaired) electrons. The smallest absolute Gasteiger partial charge is 0.0721 e. The molecule has 0 amide bonds. The Morgan fingerprint density at radius 2 is 1.86 bits per heavy atom. The summed E-state index contributed by atoms with van der Waals surface area (Å²) < 4.78 is 8.05. The molecule has 0 unspecified atom stereocenters. The number of halogens is 2. The third-order valence-electron chi connectivity index (χ3n) is 1.93. The highest BCUT2D eigenvalue weighted by Crippen LogP contribution is 2.09. The average molecular weight is 416 g/mol.